The first kappa shape index (κ1) is 15.4. The quantitative estimate of drug-likeness (QED) is 0.746. The van der Waals surface area contributed by atoms with E-state index in [9.17, 15) is 9.59 Å². The number of thioether (sulfide) groups is 1. The van der Waals surface area contributed by atoms with E-state index >= 15 is 0 Å². The third-order valence-corrected chi connectivity index (χ3v) is 3.23. The molecule has 0 heterocycles. The highest BCUT2D eigenvalue weighted by molar-refractivity contribution is 8.00. The van der Waals surface area contributed by atoms with Gasteiger partial charge in [-0.05, 0) is 32.0 Å². The summed E-state index contributed by atoms with van der Waals surface area (Å²) >= 11 is 1.34. The van der Waals surface area contributed by atoms with Gasteiger partial charge in [0.2, 0.25) is 5.91 Å². The van der Waals surface area contributed by atoms with E-state index in [1.165, 1.54) is 18.7 Å². The molecule has 19 heavy (non-hydrogen) atoms. The fraction of sp³-hybridized carbons (Fsp3) is 0.385. The molecule has 1 rings (SSSR count). The fourth-order valence-corrected chi connectivity index (χ4v) is 2.07. The van der Waals surface area contributed by atoms with E-state index in [-0.39, 0.29) is 11.7 Å². The highest BCUT2D eigenvalue weighted by atomic mass is 32.2. The summed E-state index contributed by atoms with van der Waals surface area (Å²) in [6, 6.07) is 6.55. The van der Waals surface area contributed by atoms with Gasteiger partial charge in [0.25, 0.3) is 0 Å². The van der Waals surface area contributed by atoms with Gasteiger partial charge in [0.1, 0.15) is 11.8 Å². The van der Waals surface area contributed by atoms with Crippen LogP contribution in [0.15, 0.2) is 29.2 Å². The summed E-state index contributed by atoms with van der Waals surface area (Å²) in [4.78, 5) is 23.0. The minimum Gasteiger partial charge on any atom is -0.494 e. The maximum Gasteiger partial charge on any atom is 0.325 e. The van der Waals surface area contributed by atoms with Crippen LogP contribution in [0.3, 0.4) is 0 Å². The molecule has 1 aromatic carbocycles. The first-order valence-electron chi connectivity index (χ1n) is 5.90. The van der Waals surface area contributed by atoms with Gasteiger partial charge in [-0.1, -0.05) is 6.07 Å². The number of carboxylic acids is 1. The van der Waals surface area contributed by atoms with Gasteiger partial charge in [0, 0.05) is 4.90 Å². The Hall–Kier alpha value is -1.69. The van der Waals surface area contributed by atoms with Crippen molar-refractivity contribution in [3.63, 3.8) is 0 Å². The highest BCUT2D eigenvalue weighted by Crippen LogP contribution is 2.22. The van der Waals surface area contributed by atoms with Crippen molar-refractivity contribution >= 4 is 23.6 Å². The van der Waals surface area contributed by atoms with Crippen molar-refractivity contribution in [1.82, 2.24) is 5.32 Å². The Kier molecular flexibility index (Phi) is 6.21. The Morgan fingerprint density at radius 1 is 1.47 bits per heavy atom. The molecule has 2 N–H and O–H groups in total. The summed E-state index contributed by atoms with van der Waals surface area (Å²) in [7, 11) is 0. The number of carbonyl (C=O) groups is 2. The van der Waals surface area contributed by atoms with Gasteiger partial charge in [0.05, 0.1) is 12.4 Å². The van der Waals surface area contributed by atoms with Crippen molar-refractivity contribution in [3.05, 3.63) is 24.3 Å². The van der Waals surface area contributed by atoms with Gasteiger partial charge in [-0.2, -0.15) is 0 Å². The zero-order chi connectivity index (χ0) is 14.3. The molecule has 1 unspecified atom stereocenters. The molecule has 0 radical (unpaired) electrons. The summed E-state index contributed by atoms with van der Waals surface area (Å²) in [5.41, 5.74) is 0. The van der Waals surface area contributed by atoms with E-state index in [0.717, 1.165) is 10.6 Å². The number of benzene rings is 1. The molecular formula is C13H17NO4S. The minimum atomic E-state index is -1.04. The summed E-state index contributed by atoms with van der Waals surface area (Å²) in [5.74, 6) is -0.419. The van der Waals surface area contributed by atoms with E-state index in [1.807, 2.05) is 31.2 Å². The van der Waals surface area contributed by atoms with Crippen LogP contribution in [0.5, 0.6) is 5.75 Å². The number of amides is 1. The summed E-state index contributed by atoms with van der Waals surface area (Å²) in [6.07, 6.45) is 0. The molecule has 0 fully saturated rings. The number of hydrogen-bond donors (Lipinski definition) is 2. The Morgan fingerprint density at radius 3 is 2.84 bits per heavy atom. The monoisotopic (exact) mass is 283 g/mol. The first-order chi connectivity index (χ1) is 9.02. The van der Waals surface area contributed by atoms with Gasteiger partial charge in [0.15, 0.2) is 0 Å². The van der Waals surface area contributed by atoms with Crippen LogP contribution < -0.4 is 10.1 Å². The smallest absolute Gasteiger partial charge is 0.325 e. The van der Waals surface area contributed by atoms with Crippen LogP contribution in [0.1, 0.15) is 13.8 Å². The number of carboxylic acid groups (broad SMARTS) is 1. The molecule has 104 valence electrons. The second-order valence-electron chi connectivity index (χ2n) is 3.82. The topological polar surface area (TPSA) is 75.6 Å². The normalized spacial score (nSPS) is 11.7. The van der Waals surface area contributed by atoms with Gasteiger partial charge in [-0.3, -0.25) is 9.59 Å². The van der Waals surface area contributed by atoms with E-state index in [1.54, 1.807) is 0 Å². The molecule has 1 atom stereocenters. The van der Waals surface area contributed by atoms with Crippen molar-refractivity contribution in [1.29, 1.82) is 0 Å². The molecule has 0 bridgehead atoms. The van der Waals surface area contributed by atoms with Crippen LogP contribution in [-0.4, -0.2) is 35.4 Å². The van der Waals surface area contributed by atoms with Crippen molar-refractivity contribution in [3.8, 4) is 5.75 Å². The molecule has 0 aliphatic rings. The van der Waals surface area contributed by atoms with Crippen molar-refractivity contribution in [2.24, 2.45) is 0 Å². The molecule has 0 saturated carbocycles. The lowest BCUT2D eigenvalue weighted by Crippen LogP contribution is -2.39. The molecule has 6 heteroatoms. The summed E-state index contributed by atoms with van der Waals surface area (Å²) < 4.78 is 5.36. The predicted octanol–water partition coefficient (Wildman–Crippen LogP) is 1.77. The van der Waals surface area contributed by atoms with E-state index in [4.69, 9.17) is 9.84 Å². The molecule has 1 amide bonds. The molecule has 1 aromatic rings. The predicted molar refractivity (Wildman–Crippen MR) is 73.6 cm³/mol. The number of aliphatic carboxylic acids is 1. The summed E-state index contributed by atoms with van der Waals surface area (Å²) in [6.45, 7) is 3.92. The molecule has 0 spiro atoms. The van der Waals surface area contributed by atoms with Crippen LogP contribution in [0, 0.1) is 0 Å². The van der Waals surface area contributed by atoms with Crippen molar-refractivity contribution in [2.75, 3.05) is 12.4 Å². The average Bonchev–Trinajstić information content (AvgIpc) is 2.37. The van der Waals surface area contributed by atoms with Gasteiger partial charge >= 0.3 is 5.97 Å². The molecule has 0 aliphatic heterocycles. The first-order valence-corrected chi connectivity index (χ1v) is 6.89. The van der Waals surface area contributed by atoms with Gasteiger partial charge in [-0.15, -0.1) is 11.8 Å². The van der Waals surface area contributed by atoms with Crippen LogP contribution in [-0.2, 0) is 9.59 Å². The zero-order valence-corrected chi connectivity index (χ0v) is 11.7. The average molecular weight is 283 g/mol. The second kappa shape index (κ2) is 7.68. The number of nitrogens with one attached hydrogen (secondary N) is 1. The third kappa shape index (κ3) is 5.65. The van der Waals surface area contributed by atoms with E-state index < -0.39 is 12.0 Å². The van der Waals surface area contributed by atoms with Gasteiger partial charge < -0.3 is 15.2 Å². The maximum absolute atomic E-state index is 11.5. The SMILES string of the molecule is CCOc1cccc(SCC(=O)NC(C)C(=O)O)c1. The largest absolute Gasteiger partial charge is 0.494 e. The van der Waals surface area contributed by atoms with Crippen LogP contribution in [0.4, 0.5) is 0 Å². The number of hydrogen-bond acceptors (Lipinski definition) is 4. The minimum absolute atomic E-state index is 0.174. The number of carbonyl (C=O) groups excluding carboxylic acids is 1. The lowest BCUT2D eigenvalue weighted by Gasteiger charge is -2.09. The molecule has 0 saturated heterocycles. The summed E-state index contributed by atoms with van der Waals surface area (Å²) in [5, 5.41) is 11.1. The third-order valence-electron chi connectivity index (χ3n) is 2.23. The van der Waals surface area contributed by atoms with E-state index in [2.05, 4.69) is 5.32 Å². The molecular weight excluding hydrogens is 266 g/mol. The Morgan fingerprint density at radius 2 is 2.21 bits per heavy atom. The van der Waals surface area contributed by atoms with Gasteiger partial charge in [-0.25, -0.2) is 0 Å². The van der Waals surface area contributed by atoms with Crippen LogP contribution in [0.2, 0.25) is 0 Å². The lowest BCUT2D eigenvalue weighted by molar-refractivity contribution is -0.140. The fourth-order valence-electron chi connectivity index (χ4n) is 1.31. The molecule has 0 aliphatic carbocycles. The van der Waals surface area contributed by atoms with Crippen LogP contribution >= 0.6 is 11.8 Å². The Balaban J connectivity index is 2.45. The standard InChI is InChI=1S/C13H17NO4S/c1-3-18-10-5-4-6-11(7-10)19-8-12(15)14-9(2)13(16)17/h4-7,9H,3,8H2,1-2H3,(H,14,15)(H,16,17). The molecule has 0 aromatic heterocycles. The van der Waals surface area contributed by atoms with Crippen LogP contribution in [0.25, 0.3) is 0 Å². The zero-order valence-electron chi connectivity index (χ0n) is 10.9. The van der Waals surface area contributed by atoms with Crippen molar-refractivity contribution < 1.29 is 19.4 Å². The maximum atomic E-state index is 11.5. The second-order valence-corrected chi connectivity index (χ2v) is 4.87. The highest BCUT2D eigenvalue weighted by Gasteiger charge is 2.13. The van der Waals surface area contributed by atoms with E-state index in [0.29, 0.717) is 6.61 Å². The Labute approximate surface area is 116 Å². The Bertz CT molecular complexity index is 450. The van der Waals surface area contributed by atoms with Crippen molar-refractivity contribution in [2.45, 2.75) is 24.8 Å². The number of ether oxygens (including phenoxy) is 1. The lowest BCUT2D eigenvalue weighted by atomic mass is 10.3. The number of rotatable bonds is 7. The molecule has 5 nitrogen and oxygen atoms in total.